The fourth-order valence-corrected chi connectivity index (χ4v) is 3.31. The predicted molar refractivity (Wildman–Crippen MR) is 87.1 cm³/mol. The molecular formula is C18H30N2. The Balaban J connectivity index is 2.15. The van der Waals surface area contributed by atoms with Crippen LogP contribution in [-0.2, 0) is 11.8 Å². The van der Waals surface area contributed by atoms with E-state index in [0.29, 0.717) is 0 Å². The van der Waals surface area contributed by atoms with Crippen molar-refractivity contribution in [3.8, 4) is 0 Å². The Morgan fingerprint density at radius 1 is 1.10 bits per heavy atom. The number of likely N-dealkylation sites (tertiary alicyclic amines) is 1. The van der Waals surface area contributed by atoms with Gasteiger partial charge in [0.15, 0.2) is 0 Å². The van der Waals surface area contributed by atoms with Crippen LogP contribution in [-0.4, -0.2) is 30.1 Å². The van der Waals surface area contributed by atoms with E-state index in [4.69, 9.17) is 5.73 Å². The zero-order chi connectivity index (χ0) is 14.8. The molecule has 1 aliphatic rings. The van der Waals surface area contributed by atoms with Gasteiger partial charge in [0.1, 0.15) is 0 Å². The summed E-state index contributed by atoms with van der Waals surface area (Å²) in [5, 5.41) is 0. The number of nitrogens with zero attached hydrogens (tertiary/aromatic N) is 1. The van der Waals surface area contributed by atoms with Gasteiger partial charge in [-0.3, -0.25) is 4.90 Å². The van der Waals surface area contributed by atoms with Crippen LogP contribution in [0.15, 0.2) is 24.3 Å². The van der Waals surface area contributed by atoms with Crippen molar-refractivity contribution < 1.29 is 0 Å². The van der Waals surface area contributed by atoms with Crippen LogP contribution >= 0.6 is 0 Å². The highest BCUT2D eigenvalue weighted by molar-refractivity contribution is 5.30. The number of rotatable bonds is 3. The topological polar surface area (TPSA) is 29.3 Å². The number of benzene rings is 1. The lowest BCUT2D eigenvalue weighted by Gasteiger charge is -2.46. The van der Waals surface area contributed by atoms with Gasteiger partial charge < -0.3 is 5.73 Å². The second-order valence-electron chi connectivity index (χ2n) is 7.19. The molecule has 1 saturated heterocycles. The van der Waals surface area contributed by atoms with Gasteiger partial charge in [-0.1, -0.05) is 31.2 Å². The molecule has 1 aliphatic heterocycles. The highest BCUT2D eigenvalue weighted by Crippen LogP contribution is 2.36. The SMILES string of the molecule is CCc1ccc(C2(CN)CCN(C(C)(C)C)CC2)cc1. The second kappa shape index (κ2) is 5.87. The average molecular weight is 274 g/mol. The molecule has 0 atom stereocenters. The molecule has 20 heavy (non-hydrogen) atoms. The molecule has 0 unspecified atom stereocenters. The summed E-state index contributed by atoms with van der Waals surface area (Å²) < 4.78 is 0. The van der Waals surface area contributed by atoms with Crippen LogP contribution in [0.3, 0.4) is 0 Å². The van der Waals surface area contributed by atoms with Gasteiger partial charge in [-0.15, -0.1) is 0 Å². The van der Waals surface area contributed by atoms with Crippen molar-refractivity contribution in [2.75, 3.05) is 19.6 Å². The Morgan fingerprint density at radius 2 is 1.65 bits per heavy atom. The molecule has 1 fully saturated rings. The summed E-state index contributed by atoms with van der Waals surface area (Å²) >= 11 is 0. The van der Waals surface area contributed by atoms with Crippen molar-refractivity contribution in [2.45, 2.75) is 57.9 Å². The monoisotopic (exact) mass is 274 g/mol. The fourth-order valence-electron chi connectivity index (χ4n) is 3.31. The van der Waals surface area contributed by atoms with Gasteiger partial charge in [0.25, 0.3) is 0 Å². The predicted octanol–water partition coefficient (Wildman–Crippen LogP) is 3.34. The molecule has 0 bridgehead atoms. The van der Waals surface area contributed by atoms with Crippen LogP contribution in [0.25, 0.3) is 0 Å². The van der Waals surface area contributed by atoms with Crippen molar-refractivity contribution in [3.05, 3.63) is 35.4 Å². The van der Waals surface area contributed by atoms with Gasteiger partial charge >= 0.3 is 0 Å². The van der Waals surface area contributed by atoms with E-state index in [1.807, 2.05) is 0 Å². The largest absolute Gasteiger partial charge is 0.330 e. The first-order valence-corrected chi connectivity index (χ1v) is 7.96. The summed E-state index contributed by atoms with van der Waals surface area (Å²) in [6.07, 6.45) is 3.45. The fraction of sp³-hybridized carbons (Fsp3) is 0.667. The van der Waals surface area contributed by atoms with E-state index < -0.39 is 0 Å². The first kappa shape index (κ1) is 15.5. The molecule has 0 saturated carbocycles. The molecule has 0 spiro atoms. The van der Waals surface area contributed by atoms with Crippen molar-refractivity contribution >= 4 is 0 Å². The Kier molecular flexibility index (Phi) is 4.55. The van der Waals surface area contributed by atoms with E-state index >= 15 is 0 Å². The maximum absolute atomic E-state index is 6.18. The van der Waals surface area contributed by atoms with Crippen LogP contribution in [0.4, 0.5) is 0 Å². The highest BCUT2D eigenvalue weighted by Gasteiger charge is 2.37. The Hall–Kier alpha value is -0.860. The molecule has 2 nitrogen and oxygen atoms in total. The van der Waals surface area contributed by atoms with Crippen LogP contribution in [0.2, 0.25) is 0 Å². The second-order valence-corrected chi connectivity index (χ2v) is 7.19. The zero-order valence-corrected chi connectivity index (χ0v) is 13.6. The van der Waals surface area contributed by atoms with Gasteiger partial charge in [-0.2, -0.15) is 0 Å². The average Bonchev–Trinajstić information content (AvgIpc) is 2.46. The first-order valence-electron chi connectivity index (χ1n) is 7.96. The van der Waals surface area contributed by atoms with Crippen LogP contribution < -0.4 is 5.73 Å². The molecule has 112 valence electrons. The van der Waals surface area contributed by atoms with E-state index in [2.05, 4.69) is 56.9 Å². The summed E-state index contributed by atoms with van der Waals surface area (Å²) in [7, 11) is 0. The number of aryl methyl sites for hydroxylation is 1. The quantitative estimate of drug-likeness (QED) is 0.916. The molecular weight excluding hydrogens is 244 g/mol. The molecule has 1 aromatic carbocycles. The number of nitrogens with two attached hydrogens (primary N) is 1. The van der Waals surface area contributed by atoms with E-state index in [0.717, 1.165) is 26.1 Å². The molecule has 0 amide bonds. The van der Waals surface area contributed by atoms with Crippen LogP contribution in [0.1, 0.15) is 51.7 Å². The molecule has 1 heterocycles. The lowest BCUT2D eigenvalue weighted by Crippen LogP contribution is -2.52. The third-order valence-electron chi connectivity index (χ3n) is 5.03. The lowest BCUT2D eigenvalue weighted by atomic mass is 9.72. The maximum atomic E-state index is 6.18. The van der Waals surface area contributed by atoms with Gasteiger partial charge in [0.2, 0.25) is 0 Å². The number of hydrogen-bond acceptors (Lipinski definition) is 2. The zero-order valence-electron chi connectivity index (χ0n) is 13.6. The lowest BCUT2D eigenvalue weighted by molar-refractivity contribution is 0.0764. The summed E-state index contributed by atoms with van der Waals surface area (Å²) in [5.74, 6) is 0. The third kappa shape index (κ3) is 3.07. The van der Waals surface area contributed by atoms with Crippen molar-refractivity contribution in [3.63, 3.8) is 0 Å². The van der Waals surface area contributed by atoms with Crippen molar-refractivity contribution in [2.24, 2.45) is 5.73 Å². The Bertz CT molecular complexity index is 420. The third-order valence-corrected chi connectivity index (χ3v) is 5.03. The van der Waals surface area contributed by atoms with Crippen molar-refractivity contribution in [1.82, 2.24) is 4.90 Å². The molecule has 2 heteroatoms. The minimum absolute atomic E-state index is 0.189. The smallest absolute Gasteiger partial charge is 0.0125 e. The Morgan fingerprint density at radius 3 is 2.05 bits per heavy atom. The van der Waals surface area contributed by atoms with Gasteiger partial charge in [-0.25, -0.2) is 0 Å². The molecule has 2 rings (SSSR count). The first-order chi connectivity index (χ1) is 9.41. The van der Waals surface area contributed by atoms with Gasteiger partial charge in [0, 0.05) is 17.5 Å². The van der Waals surface area contributed by atoms with E-state index in [1.54, 1.807) is 0 Å². The normalized spacial score (nSPS) is 20.1. The van der Waals surface area contributed by atoms with E-state index in [1.165, 1.54) is 24.0 Å². The number of piperidine rings is 1. The molecule has 0 aliphatic carbocycles. The molecule has 0 radical (unpaired) electrons. The standard InChI is InChI=1S/C18H30N2/c1-5-15-6-8-16(9-7-15)18(14-19)10-12-20(13-11-18)17(2,3)4/h6-9H,5,10-14,19H2,1-4H3. The van der Waals surface area contributed by atoms with E-state index in [-0.39, 0.29) is 11.0 Å². The summed E-state index contributed by atoms with van der Waals surface area (Å²) in [5.41, 5.74) is 9.48. The maximum Gasteiger partial charge on any atom is 0.0125 e. The van der Waals surface area contributed by atoms with E-state index in [9.17, 15) is 0 Å². The minimum Gasteiger partial charge on any atom is -0.330 e. The summed E-state index contributed by atoms with van der Waals surface area (Å²) in [6.45, 7) is 12.2. The van der Waals surface area contributed by atoms with Crippen molar-refractivity contribution in [1.29, 1.82) is 0 Å². The molecule has 1 aromatic rings. The summed E-state index contributed by atoms with van der Waals surface area (Å²) in [4.78, 5) is 2.58. The number of hydrogen-bond donors (Lipinski definition) is 1. The summed E-state index contributed by atoms with van der Waals surface area (Å²) in [6, 6.07) is 9.14. The Labute approximate surface area is 124 Å². The van der Waals surface area contributed by atoms with Crippen LogP contribution in [0, 0.1) is 0 Å². The molecule has 2 N–H and O–H groups in total. The molecule has 0 aromatic heterocycles. The van der Waals surface area contributed by atoms with Gasteiger partial charge in [-0.05, 0) is 64.3 Å². The van der Waals surface area contributed by atoms with Crippen LogP contribution in [0.5, 0.6) is 0 Å². The highest BCUT2D eigenvalue weighted by atomic mass is 15.2. The minimum atomic E-state index is 0.189. The van der Waals surface area contributed by atoms with Gasteiger partial charge in [0.05, 0.1) is 0 Å².